The Bertz CT molecular complexity index is 855. The molecule has 0 atom stereocenters. The van der Waals surface area contributed by atoms with Gasteiger partial charge in [-0.05, 0) is 36.8 Å². The van der Waals surface area contributed by atoms with Crippen LogP contribution in [0.4, 0.5) is 17.1 Å². The molecule has 0 aliphatic heterocycles. The van der Waals surface area contributed by atoms with Crippen LogP contribution in [-0.4, -0.2) is 24.4 Å². The summed E-state index contributed by atoms with van der Waals surface area (Å²) in [6.07, 6.45) is 1.63. The summed E-state index contributed by atoms with van der Waals surface area (Å²) >= 11 is 5.98. The van der Waals surface area contributed by atoms with Crippen molar-refractivity contribution >= 4 is 46.4 Å². The molecule has 0 saturated carbocycles. The first-order valence-electron chi connectivity index (χ1n) is 8.36. The fraction of sp³-hybridized carbons (Fsp3) is 0.211. The molecule has 0 aromatic heterocycles. The Morgan fingerprint density at radius 3 is 2.37 bits per heavy atom. The van der Waals surface area contributed by atoms with Crippen molar-refractivity contribution in [2.24, 2.45) is 0 Å². The molecule has 0 bridgehead atoms. The van der Waals surface area contributed by atoms with E-state index in [1.165, 1.54) is 24.3 Å². The van der Waals surface area contributed by atoms with Crippen LogP contribution in [0, 0.1) is 0 Å². The second-order valence-corrected chi connectivity index (χ2v) is 6.09. The molecule has 2 aromatic rings. The number of hydrogen-bond donors (Lipinski definition) is 3. The summed E-state index contributed by atoms with van der Waals surface area (Å²) in [5.74, 6) is -2.45. The zero-order valence-corrected chi connectivity index (χ0v) is 15.5. The van der Waals surface area contributed by atoms with Gasteiger partial charge in [-0.3, -0.25) is 9.59 Å². The first-order valence-corrected chi connectivity index (χ1v) is 8.73. The van der Waals surface area contributed by atoms with Crippen LogP contribution >= 0.6 is 11.6 Å². The maximum Gasteiger partial charge on any atom is 0.340 e. The van der Waals surface area contributed by atoms with E-state index in [1.54, 1.807) is 18.2 Å². The number of carbonyl (C=O) groups excluding carboxylic acids is 3. The zero-order chi connectivity index (χ0) is 19.8. The van der Waals surface area contributed by atoms with Gasteiger partial charge in [-0.15, -0.1) is 0 Å². The monoisotopic (exact) mass is 389 g/mol. The van der Waals surface area contributed by atoms with Crippen LogP contribution in [-0.2, 0) is 14.3 Å². The molecule has 4 N–H and O–H groups in total. The molecule has 0 fully saturated rings. The molecule has 142 valence electrons. The van der Waals surface area contributed by atoms with Gasteiger partial charge in [0.05, 0.1) is 28.6 Å². The first kappa shape index (κ1) is 20.3. The van der Waals surface area contributed by atoms with Crippen molar-refractivity contribution in [1.82, 2.24) is 0 Å². The van der Waals surface area contributed by atoms with E-state index in [4.69, 9.17) is 22.1 Å². The highest BCUT2D eigenvalue weighted by Gasteiger charge is 2.19. The van der Waals surface area contributed by atoms with Crippen LogP contribution < -0.4 is 16.4 Å². The number of carbonyl (C=O) groups is 3. The second-order valence-electron chi connectivity index (χ2n) is 5.68. The van der Waals surface area contributed by atoms with Gasteiger partial charge in [-0.1, -0.05) is 37.1 Å². The lowest BCUT2D eigenvalue weighted by Gasteiger charge is -2.11. The average Bonchev–Trinajstić information content (AvgIpc) is 2.64. The SMILES string of the molecule is CCCCOC(=O)c1ccccc1NC(=O)C(=O)Nc1ccc(N)cc1Cl. The molecule has 0 aliphatic rings. The number of para-hydroxylation sites is 1. The zero-order valence-electron chi connectivity index (χ0n) is 14.8. The molecule has 0 spiro atoms. The minimum absolute atomic E-state index is 0.167. The van der Waals surface area contributed by atoms with E-state index in [2.05, 4.69) is 10.6 Å². The minimum atomic E-state index is -0.948. The fourth-order valence-corrected chi connectivity index (χ4v) is 2.38. The predicted molar refractivity (Wildman–Crippen MR) is 105 cm³/mol. The molecule has 2 amide bonds. The Labute approximate surface area is 161 Å². The maximum atomic E-state index is 12.2. The Balaban J connectivity index is 2.06. The number of nitrogen functional groups attached to an aromatic ring is 1. The quantitative estimate of drug-likeness (QED) is 0.303. The van der Waals surface area contributed by atoms with Crippen molar-refractivity contribution in [3.63, 3.8) is 0 Å². The third-order valence-corrected chi connectivity index (χ3v) is 3.89. The van der Waals surface area contributed by atoms with Crippen molar-refractivity contribution in [2.45, 2.75) is 19.8 Å². The van der Waals surface area contributed by atoms with E-state index in [-0.39, 0.29) is 28.6 Å². The Morgan fingerprint density at radius 2 is 1.70 bits per heavy atom. The van der Waals surface area contributed by atoms with Gasteiger partial charge in [0.25, 0.3) is 0 Å². The molecule has 0 aliphatic carbocycles. The van der Waals surface area contributed by atoms with Crippen molar-refractivity contribution in [3.05, 3.63) is 53.1 Å². The smallest absolute Gasteiger partial charge is 0.340 e. The number of benzene rings is 2. The van der Waals surface area contributed by atoms with E-state index in [0.29, 0.717) is 5.69 Å². The van der Waals surface area contributed by atoms with Crippen LogP contribution in [0.5, 0.6) is 0 Å². The van der Waals surface area contributed by atoms with Gasteiger partial charge < -0.3 is 21.1 Å². The maximum absolute atomic E-state index is 12.2. The van der Waals surface area contributed by atoms with Crippen LogP contribution in [0.1, 0.15) is 30.1 Å². The van der Waals surface area contributed by atoms with Gasteiger partial charge in [-0.25, -0.2) is 4.79 Å². The second kappa shape index (κ2) is 9.59. The number of rotatable bonds is 6. The number of esters is 1. The predicted octanol–water partition coefficient (Wildman–Crippen LogP) is 3.46. The van der Waals surface area contributed by atoms with Crippen molar-refractivity contribution < 1.29 is 19.1 Å². The summed E-state index contributed by atoms with van der Waals surface area (Å²) in [4.78, 5) is 36.5. The highest BCUT2D eigenvalue weighted by atomic mass is 35.5. The number of amides is 2. The summed E-state index contributed by atoms with van der Waals surface area (Å²) in [5, 5.41) is 5.01. The highest BCUT2D eigenvalue weighted by Crippen LogP contribution is 2.24. The summed E-state index contributed by atoms with van der Waals surface area (Å²) in [5.41, 5.74) is 6.62. The summed E-state index contributed by atoms with van der Waals surface area (Å²) in [6, 6.07) is 10.8. The average molecular weight is 390 g/mol. The van der Waals surface area contributed by atoms with Crippen molar-refractivity contribution in [1.29, 1.82) is 0 Å². The normalized spacial score (nSPS) is 10.1. The standard InChI is InChI=1S/C19H20ClN3O4/c1-2-3-10-27-19(26)13-6-4-5-7-15(13)22-17(24)18(25)23-16-9-8-12(21)11-14(16)20/h4-9,11H,2-3,10,21H2,1H3,(H,22,24)(H,23,25). The summed E-state index contributed by atoms with van der Waals surface area (Å²) in [7, 11) is 0. The van der Waals surface area contributed by atoms with Crippen LogP contribution in [0.25, 0.3) is 0 Å². The Hall–Kier alpha value is -3.06. The van der Waals surface area contributed by atoms with Crippen LogP contribution in [0.3, 0.4) is 0 Å². The number of ether oxygens (including phenoxy) is 1. The van der Waals surface area contributed by atoms with E-state index in [9.17, 15) is 14.4 Å². The molecule has 8 heteroatoms. The summed E-state index contributed by atoms with van der Waals surface area (Å²) < 4.78 is 5.15. The molecule has 0 heterocycles. The van der Waals surface area contributed by atoms with Crippen LogP contribution in [0.2, 0.25) is 5.02 Å². The molecule has 2 rings (SSSR count). The molecule has 0 radical (unpaired) electrons. The fourth-order valence-electron chi connectivity index (χ4n) is 2.15. The van der Waals surface area contributed by atoms with Crippen molar-refractivity contribution in [3.8, 4) is 0 Å². The van der Waals surface area contributed by atoms with E-state index >= 15 is 0 Å². The van der Waals surface area contributed by atoms with Gasteiger partial charge in [-0.2, -0.15) is 0 Å². The van der Waals surface area contributed by atoms with Crippen molar-refractivity contribution in [2.75, 3.05) is 23.0 Å². The number of anilines is 3. The molecular formula is C19H20ClN3O4. The lowest BCUT2D eigenvalue weighted by atomic mass is 10.1. The summed E-state index contributed by atoms with van der Waals surface area (Å²) in [6.45, 7) is 2.27. The van der Waals surface area contributed by atoms with Gasteiger partial charge in [0.1, 0.15) is 0 Å². The lowest BCUT2D eigenvalue weighted by molar-refractivity contribution is -0.133. The molecule has 27 heavy (non-hydrogen) atoms. The number of nitrogens with one attached hydrogen (secondary N) is 2. The number of unbranched alkanes of at least 4 members (excludes halogenated alkanes) is 1. The molecule has 0 saturated heterocycles. The van der Waals surface area contributed by atoms with E-state index in [0.717, 1.165) is 12.8 Å². The van der Waals surface area contributed by atoms with E-state index in [1.807, 2.05) is 6.92 Å². The largest absolute Gasteiger partial charge is 0.462 e. The molecule has 0 unspecified atom stereocenters. The van der Waals surface area contributed by atoms with E-state index < -0.39 is 17.8 Å². The Morgan fingerprint density at radius 1 is 1.04 bits per heavy atom. The third-order valence-electron chi connectivity index (χ3n) is 3.57. The Kier molecular flexibility index (Phi) is 7.19. The number of hydrogen-bond acceptors (Lipinski definition) is 5. The molecular weight excluding hydrogens is 370 g/mol. The molecule has 2 aromatic carbocycles. The topological polar surface area (TPSA) is 111 Å². The highest BCUT2D eigenvalue weighted by molar-refractivity contribution is 6.45. The van der Waals surface area contributed by atoms with Gasteiger partial charge in [0, 0.05) is 5.69 Å². The first-order chi connectivity index (χ1) is 12.9. The lowest BCUT2D eigenvalue weighted by Crippen LogP contribution is -2.30. The third kappa shape index (κ3) is 5.72. The van der Waals surface area contributed by atoms with Gasteiger partial charge >= 0.3 is 17.8 Å². The number of nitrogens with two attached hydrogens (primary N) is 1. The van der Waals surface area contributed by atoms with Gasteiger partial charge in [0.2, 0.25) is 0 Å². The van der Waals surface area contributed by atoms with Gasteiger partial charge in [0.15, 0.2) is 0 Å². The number of halogens is 1. The molecule has 7 nitrogen and oxygen atoms in total. The minimum Gasteiger partial charge on any atom is -0.462 e. The van der Waals surface area contributed by atoms with Crippen LogP contribution in [0.15, 0.2) is 42.5 Å².